The number of ether oxygens (including phenoxy) is 2. The summed E-state index contributed by atoms with van der Waals surface area (Å²) in [6, 6.07) is -0.276. The lowest BCUT2D eigenvalue weighted by Crippen LogP contribution is -2.57. The van der Waals surface area contributed by atoms with Gasteiger partial charge in [0.2, 0.25) is 0 Å². The molecular weight excluding hydrogens is 394 g/mol. The quantitative estimate of drug-likeness (QED) is 0.478. The topological polar surface area (TPSA) is 126 Å². The standard InChI is InChI=1S/C21H37NO8/c1-19(2,3)17(26)28-11-21(12-29-18(27)20(4,5)6)9-14-7-13(22(21)30-14)8-15(24)16(25)10-23/h13-16,23-25H,7-12H2,1-6H3/t13-,14-,15+,16-/m1/s1. The van der Waals surface area contributed by atoms with E-state index in [2.05, 4.69) is 0 Å². The van der Waals surface area contributed by atoms with Crippen LogP contribution in [0.25, 0.3) is 0 Å². The van der Waals surface area contributed by atoms with Gasteiger partial charge in [0, 0.05) is 12.5 Å². The molecular formula is C21H37NO8. The van der Waals surface area contributed by atoms with Crippen molar-refractivity contribution >= 4 is 11.9 Å². The first-order valence-corrected chi connectivity index (χ1v) is 10.5. The van der Waals surface area contributed by atoms with Gasteiger partial charge < -0.3 is 24.8 Å². The largest absolute Gasteiger partial charge is 0.463 e. The number of hydrogen-bond acceptors (Lipinski definition) is 9. The summed E-state index contributed by atoms with van der Waals surface area (Å²) in [5.41, 5.74) is -2.24. The summed E-state index contributed by atoms with van der Waals surface area (Å²) in [4.78, 5) is 30.7. The molecule has 9 nitrogen and oxygen atoms in total. The molecule has 0 aliphatic carbocycles. The predicted octanol–water partition coefficient (Wildman–Crippen LogP) is 0.786. The van der Waals surface area contributed by atoms with Crippen LogP contribution in [0.15, 0.2) is 0 Å². The zero-order chi connectivity index (χ0) is 22.9. The highest BCUT2D eigenvalue weighted by Crippen LogP contribution is 2.45. The van der Waals surface area contributed by atoms with Crippen molar-refractivity contribution in [3.05, 3.63) is 0 Å². The molecule has 0 saturated carbocycles. The highest BCUT2D eigenvalue weighted by Gasteiger charge is 2.58. The number of esters is 2. The van der Waals surface area contributed by atoms with Crippen LogP contribution in [0.2, 0.25) is 0 Å². The van der Waals surface area contributed by atoms with Crippen LogP contribution in [0.5, 0.6) is 0 Å². The Labute approximate surface area is 178 Å². The van der Waals surface area contributed by atoms with Crippen LogP contribution in [-0.4, -0.2) is 82.0 Å². The van der Waals surface area contributed by atoms with Gasteiger partial charge in [-0.3, -0.25) is 14.4 Å². The van der Waals surface area contributed by atoms with Gasteiger partial charge in [0.25, 0.3) is 0 Å². The van der Waals surface area contributed by atoms with Crippen molar-refractivity contribution in [3.8, 4) is 0 Å². The normalized spacial score (nSPS) is 27.6. The summed E-state index contributed by atoms with van der Waals surface area (Å²) in [6.07, 6.45) is -1.25. The molecule has 9 heteroatoms. The second-order valence-corrected chi connectivity index (χ2v) is 10.6. The van der Waals surface area contributed by atoms with E-state index in [4.69, 9.17) is 19.4 Å². The van der Waals surface area contributed by atoms with E-state index >= 15 is 0 Å². The Morgan fingerprint density at radius 2 is 1.53 bits per heavy atom. The zero-order valence-corrected chi connectivity index (χ0v) is 18.9. The fourth-order valence-electron chi connectivity index (χ4n) is 3.69. The molecule has 0 aromatic carbocycles. The van der Waals surface area contributed by atoms with Crippen molar-refractivity contribution < 1.29 is 39.2 Å². The third kappa shape index (κ3) is 5.70. The molecule has 0 aromatic rings. The lowest BCUT2D eigenvalue weighted by Gasteiger charge is -2.41. The number of hydroxylamine groups is 2. The van der Waals surface area contributed by atoms with Crippen LogP contribution in [0.1, 0.15) is 60.8 Å². The Morgan fingerprint density at radius 3 is 1.93 bits per heavy atom. The maximum atomic E-state index is 12.4. The van der Waals surface area contributed by atoms with Crippen molar-refractivity contribution in [2.45, 2.75) is 90.7 Å². The smallest absolute Gasteiger partial charge is 0.311 e. The van der Waals surface area contributed by atoms with E-state index < -0.39 is 35.2 Å². The van der Waals surface area contributed by atoms with E-state index in [0.29, 0.717) is 12.8 Å². The minimum absolute atomic E-state index is 0.0217. The summed E-state index contributed by atoms with van der Waals surface area (Å²) >= 11 is 0. The molecule has 2 bridgehead atoms. The second kappa shape index (κ2) is 9.08. The van der Waals surface area contributed by atoms with Gasteiger partial charge in [0.15, 0.2) is 0 Å². The van der Waals surface area contributed by atoms with Crippen molar-refractivity contribution in [1.29, 1.82) is 0 Å². The molecule has 2 heterocycles. The Balaban J connectivity index is 2.18. The average Bonchev–Trinajstić information content (AvgIpc) is 3.19. The summed E-state index contributed by atoms with van der Waals surface area (Å²) in [5, 5.41) is 30.6. The molecule has 0 spiro atoms. The minimum atomic E-state index is -1.25. The Morgan fingerprint density at radius 1 is 1.03 bits per heavy atom. The first-order valence-electron chi connectivity index (χ1n) is 10.5. The number of rotatable bonds is 8. The lowest BCUT2D eigenvalue weighted by atomic mass is 9.84. The van der Waals surface area contributed by atoms with Crippen LogP contribution in [-0.2, 0) is 23.9 Å². The Bertz CT molecular complexity index is 593. The highest BCUT2D eigenvalue weighted by molar-refractivity contribution is 5.76. The van der Waals surface area contributed by atoms with Crippen LogP contribution < -0.4 is 0 Å². The number of piperidine rings is 1. The first-order chi connectivity index (χ1) is 13.7. The molecule has 2 aliphatic heterocycles. The number of hydrogen-bond donors (Lipinski definition) is 3. The second-order valence-electron chi connectivity index (χ2n) is 10.6. The van der Waals surface area contributed by atoms with Gasteiger partial charge in [-0.15, -0.1) is 0 Å². The molecule has 0 radical (unpaired) electrons. The fourth-order valence-corrected chi connectivity index (χ4v) is 3.69. The molecule has 5 atom stereocenters. The maximum Gasteiger partial charge on any atom is 0.311 e. The number of nitrogens with zero attached hydrogens (tertiary/aromatic N) is 1. The third-order valence-electron chi connectivity index (χ3n) is 5.52. The number of aliphatic hydroxyl groups excluding tert-OH is 3. The molecule has 2 fully saturated rings. The van der Waals surface area contributed by atoms with Crippen LogP contribution in [0.4, 0.5) is 0 Å². The van der Waals surface area contributed by atoms with E-state index in [1.807, 2.05) is 0 Å². The van der Waals surface area contributed by atoms with Gasteiger partial charge in [-0.1, -0.05) is 0 Å². The fraction of sp³-hybridized carbons (Fsp3) is 0.905. The van der Waals surface area contributed by atoms with Crippen LogP contribution >= 0.6 is 0 Å². The van der Waals surface area contributed by atoms with Crippen molar-refractivity contribution in [3.63, 3.8) is 0 Å². The van der Waals surface area contributed by atoms with Gasteiger partial charge in [0.1, 0.15) is 24.9 Å². The number of aliphatic hydroxyl groups is 3. The van der Waals surface area contributed by atoms with Crippen molar-refractivity contribution in [2.75, 3.05) is 19.8 Å². The molecule has 3 N–H and O–H groups in total. The SMILES string of the molecule is CC(C)(C)C(=O)OCC1(COC(=O)C(C)(C)C)C[C@H]2C[C@H](C[C@H](O)[C@H](O)CO)N1O2. The number of carbonyl (C=O) groups is 2. The Hall–Kier alpha value is -1.26. The number of carbonyl (C=O) groups excluding carboxylic acids is 2. The van der Waals surface area contributed by atoms with Gasteiger partial charge in [-0.2, -0.15) is 5.06 Å². The van der Waals surface area contributed by atoms with E-state index in [1.165, 1.54) is 0 Å². The molecule has 0 amide bonds. The monoisotopic (exact) mass is 431 g/mol. The molecule has 2 saturated heterocycles. The molecule has 174 valence electrons. The lowest BCUT2D eigenvalue weighted by molar-refractivity contribution is -0.207. The van der Waals surface area contributed by atoms with Gasteiger partial charge in [-0.25, -0.2) is 0 Å². The van der Waals surface area contributed by atoms with E-state index in [9.17, 15) is 19.8 Å². The maximum absolute atomic E-state index is 12.4. The molecule has 2 rings (SSSR count). The third-order valence-corrected chi connectivity index (χ3v) is 5.52. The summed E-state index contributed by atoms with van der Waals surface area (Å²) < 4.78 is 11.2. The van der Waals surface area contributed by atoms with Crippen LogP contribution in [0, 0.1) is 10.8 Å². The molecule has 30 heavy (non-hydrogen) atoms. The first kappa shape index (κ1) is 25.0. The van der Waals surface area contributed by atoms with Crippen LogP contribution in [0.3, 0.4) is 0 Å². The van der Waals surface area contributed by atoms with E-state index in [1.54, 1.807) is 46.6 Å². The van der Waals surface area contributed by atoms with Gasteiger partial charge in [-0.05, 0) is 54.4 Å². The predicted molar refractivity (Wildman–Crippen MR) is 107 cm³/mol. The van der Waals surface area contributed by atoms with Gasteiger partial charge in [0.05, 0.1) is 29.6 Å². The zero-order valence-electron chi connectivity index (χ0n) is 18.9. The average molecular weight is 432 g/mol. The van der Waals surface area contributed by atoms with Gasteiger partial charge >= 0.3 is 11.9 Å². The number of fused-ring (bicyclic) bond motifs is 2. The summed E-state index contributed by atoms with van der Waals surface area (Å²) in [7, 11) is 0. The minimum Gasteiger partial charge on any atom is -0.463 e. The highest BCUT2D eigenvalue weighted by atomic mass is 16.7. The van der Waals surface area contributed by atoms with E-state index in [0.717, 1.165) is 0 Å². The summed E-state index contributed by atoms with van der Waals surface area (Å²) in [6.45, 7) is 9.96. The molecule has 1 unspecified atom stereocenters. The van der Waals surface area contributed by atoms with E-state index in [-0.39, 0.29) is 43.7 Å². The van der Waals surface area contributed by atoms with Crippen molar-refractivity contribution in [1.82, 2.24) is 5.06 Å². The molecule has 2 aliphatic rings. The van der Waals surface area contributed by atoms with Crippen molar-refractivity contribution in [2.24, 2.45) is 10.8 Å². The Kier molecular flexibility index (Phi) is 7.57. The summed E-state index contributed by atoms with van der Waals surface area (Å²) in [5.74, 6) is -0.749. The molecule has 0 aromatic heterocycles.